The van der Waals surface area contributed by atoms with E-state index in [0.29, 0.717) is 0 Å². The summed E-state index contributed by atoms with van der Waals surface area (Å²) in [5.74, 6) is 0.187. The normalized spacial score (nSPS) is 24.7. The first kappa shape index (κ1) is 17.8. The molecule has 2 aromatic carbocycles. The fourth-order valence-corrected chi connectivity index (χ4v) is 4.62. The first-order valence-corrected chi connectivity index (χ1v) is 9.84. The highest BCUT2D eigenvalue weighted by molar-refractivity contribution is 5.98. The van der Waals surface area contributed by atoms with Crippen molar-refractivity contribution in [2.24, 2.45) is 0 Å². The molecule has 3 aliphatic heterocycles. The summed E-state index contributed by atoms with van der Waals surface area (Å²) in [7, 11) is 0. The fourth-order valence-electron chi connectivity index (χ4n) is 4.62. The van der Waals surface area contributed by atoms with Crippen LogP contribution in [0.3, 0.4) is 0 Å². The number of carbonyl (C=O) groups is 2. The Hall–Kier alpha value is -2.62. The van der Waals surface area contributed by atoms with Crippen LogP contribution in [-0.4, -0.2) is 33.7 Å². The summed E-state index contributed by atoms with van der Waals surface area (Å²) < 4.78 is 0. The molecule has 27 heavy (non-hydrogen) atoms. The topological polar surface area (TPSA) is 40.6 Å². The fraction of sp³-hybridized carbons (Fsp3) is 0.391. The van der Waals surface area contributed by atoms with E-state index in [1.807, 2.05) is 84.3 Å². The Morgan fingerprint density at radius 1 is 0.704 bits per heavy atom. The summed E-state index contributed by atoms with van der Waals surface area (Å²) in [6, 6.07) is 19.1. The number of benzene rings is 2. The summed E-state index contributed by atoms with van der Waals surface area (Å²) in [4.78, 5) is 30.6. The van der Waals surface area contributed by atoms with E-state index < -0.39 is 0 Å². The molecule has 3 aliphatic rings. The zero-order valence-electron chi connectivity index (χ0n) is 15.9. The molecule has 0 radical (unpaired) electrons. The number of fused-ring (bicyclic) bond motifs is 4. The van der Waals surface area contributed by atoms with Crippen molar-refractivity contribution in [3.05, 3.63) is 71.8 Å². The quantitative estimate of drug-likeness (QED) is 0.821. The Morgan fingerprint density at radius 2 is 1.07 bits per heavy atom. The van der Waals surface area contributed by atoms with E-state index in [2.05, 4.69) is 0 Å². The molecule has 3 heterocycles. The van der Waals surface area contributed by atoms with Gasteiger partial charge in [0, 0.05) is 0 Å². The molecule has 4 nitrogen and oxygen atoms in total. The molecule has 0 unspecified atom stereocenters. The van der Waals surface area contributed by atoms with Gasteiger partial charge in [-0.25, -0.2) is 0 Å². The van der Waals surface area contributed by atoms with Gasteiger partial charge in [0.05, 0.1) is 12.1 Å². The van der Waals surface area contributed by atoms with E-state index in [9.17, 15) is 9.59 Å². The standard InChI is InChI=1S/C23H26N2O2/c1-16(18-10-5-3-6-11-18)24-20-14-9-15-21(22(24)26)25(23(20)27)17(2)19-12-7-4-8-13-19/h3-8,10-13,16-17,20-21H,9,14-15H2,1-2H3/t16-,17-,20+,21+/m0/s1. The van der Waals surface area contributed by atoms with E-state index in [-0.39, 0.29) is 36.0 Å². The lowest BCUT2D eigenvalue weighted by atomic mass is 9.96. The van der Waals surface area contributed by atoms with Gasteiger partial charge in [-0.2, -0.15) is 0 Å². The molecule has 5 rings (SSSR count). The Kier molecular flexibility index (Phi) is 4.73. The lowest BCUT2D eigenvalue weighted by molar-refractivity contribution is -0.165. The van der Waals surface area contributed by atoms with Crippen molar-refractivity contribution in [2.45, 2.75) is 57.3 Å². The van der Waals surface area contributed by atoms with Crippen molar-refractivity contribution in [1.29, 1.82) is 0 Å². The van der Waals surface area contributed by atoms with Crippen molar-refractivity contribution in [3.63, 3.8) is 0 Å². The molecular weight excluding hydrogens is 336 g/mol. The zero-order chi connectivity index (χ0) is 19.0. The van der Waals surface area contributed by atoms with Crippen molar-refractivity contribution in [1.82, 2.24) is 9.80 Å². The first-order chi connectivity index (χ1) is 13.1. The molecule has 2 amide bonds. The van der Waals surface area contributed by atoms with Crippen LogP contribution in [0.2, 0.25) is 0 Å². The lowest BCUT2D eigenvalue weighted by Crippen LogP contribution is -2.63. The molecule has 0 saturated carbocycles. The van der Waals surface area contributed by atoms with Crippen LogP contribution in [0.15, 0.2) is 60.7 Å². The summed E-state index contributed by atoms with van der Waals surface area (Å²) in [6.45, 7) is 4.07. The number of piperazine rings is 1. The van der Waals surface area contributed by atoms with Gasteiger partial charge in [-0.1, -0.05) is 60.7 Å². The van der Waals surface area contributed by atoms with Crippen molar-refractivity contribution in [2.75, 3.05) is 0 Å². The van der Waals surface area contributed by atoms with Crippen LogP contribution in [-0.2, 0) is 9.59 Å². The van der Waals surface area contributed by atoms with E-state index in [1.54, 1.807) is 0 Å². The van der Waals surface area contributed by atoms with Gasteiger partial charge < -0.3 is 9.80 Å². The Morgan fingerprint density at radius 3 is 1.44 bits per heavy atom. The second-order valence-corrected chi connectivity index (χ2v) is 7.63. The molecular formula is C23H26N2O2. The number of nitrogens with zero attached hydrogens (tertiary/aromatic N) is 2. The van der Waals surface area contributed by atoms with Gasteiger partial charge in [0.15, 0.2) is 0 Å². The molecule has 0 aliphatic carbocycles. The van der Waals surface area contributed by atoms with Crippen LogP contribution in [0.1, 0.15) is 56.3 Å². The molecule has 0 aromatic heterocycles. The highest BCUT2D eigenvalue weighted by atomic mass is 16.2. The van der Waals surface area contributed by atoms with Crippen LogP contribution in [0, 0.1) is 0 Å². The monoisotopic (exact) mass is 362 g/mol. The second-order valence-electron chi connectivity index (χ2n) is 7.63. The maximum Gasteiger partial charge on any atom is 0.246 e. The SMILES string of the molecule is C[C@@H](c1ccccc1)N1C(=O)[C@H]2CCC[C@@H]1C(=O)N2[C@@H](C)c1ccccc1. The minimum Gasteiger partial charge on any atom is -0.322 e. The highest BCUT2D eigenvalue weighted by Gasteiger charge is 2.50. The van der Waals surface area contributed by atoms with Crippen LogP contribution < -0.4 is 0 Å². The van der Waals surface area contributed by atoms with Gasteiger partial charge in [0.1, 0.15) is 12.1 Å². The third kappa shape index (κ3) is 3.03. The average molecular weight is 362 g/mol. The minimum absolute atomic E-state index is 0.0937. The smallest absolute Gasteiger partial charge is 0.246 e. The summed E-state index contributed by atoms with van der Waals surface area (Å²) in [5.41, 5.74) is 2.16. The highest BCUT2D eigenvalue weighted by Crippen LogP contribution is 2.39. The van der Waals surface area contributed by atoms with Crippen LogP contribution >= 0.6 is 0 Å². The molecule has 2 aromatic rings. The van der Waals surface area contributed by atoms with Crippen molar-refractivity contribution >= 4 is 11.8 Å². The summed E-state index contributed by atoms with van der Waals surface area (Å²) >= 11 is 0. The molecule has 0 spiro atoms. The summed E-state index contributed by atoms with van der Waals surface area (Å²) in [6.07, 6.45) is 2.40. The molecule has 2 bridgehead atoms. The maximum absolute atomic E-state index is 13.4. The van der Waals surface area contributed by atoms with Gasteiger partial charge >= 0.3 is 0 Å². The lowest BCUT2D eigenvalue weighted by Gasteiger charge is -2.47. The van der Waals surface area contributed by atoms with Crippen LogP contribution in [0.25, 0.3) is 0 Å². The number of rotatable bonds is 4. The molecule has 140 valence electrons. The van der Waals surface area contributed by atoms with Gasteiger partial charge in [0.2, 0.25) is 11.8 Å². The first-order valence-electron chi connectivity index (χ1n) is 9.84. The summed E-state index contributed by atoms with van der Waals surface area (Å²) in [5, 5.41) is 0. The van der Waals surface area contributed by atoms with E-state index in [0.717, 1.165) is 30.4 Å². The van der Waals surface area contributed by atoms with Gasteiger partial charge in [-0.3, -0.25) is 9.59 Å². The number of hydrogen-bond acceptors (Lipinski definition) is 2. The van der Waals surface area contributed by atoms with Crippen LogP contribution in [0.5, 0.6) is 0 Å². The number of carbonyl (C=O) groups excluding carboxylic acids is 2. The molecule has 3 saturated heterocycles. The maximum atomic E-state index is 13.4. The molecule has 0 N–H and O–H groups in total. The minimum atomic E-state index is -0.363. The number of hydrogen-bond donors (Lipinski definition) is 0. The predicted molar refractivity (Wildman–Crippen MR) is 105 cm³/mol. The van der Waals surface area contributed by atoms with E-state index in [1.165, 1.54) is 0 Å². The molecule has 3 fully saturated rings. The van der Waals surface area contributed by atoms with Gasteiger partial charge in [-0.15, -0.1) is 0 Å². The predicted octanol–water partition coefficient (Wildman–Crippen LogP) is 4.10. The van der Waals surface area contributed by atoms with Crippen molar-refractivity contribution < 1.29 is 9.59 Å². The van der Waals surface area contributed by atoms with Gasteiger partial charge in [0.25, 0.3) is 0 Å². The van der Waals surface area contributed by atoms with E-state index >= 15 is 0 Å². The van der Waals surface area contributed by atoms with E-state index in [4.69, 9.17) is 0 Å². The second kappa shape index (κ2) is 7.18. The Balaban J connectivity index is 1.68. The largest absolute Gasteiger partial charge is 0.322 e. The van der Waals surface area contributed by atoms with Crippen LogP contribution in [0.4, 0.5) is 0 Å². The van der Waals surface area contributed by atoms with Crippen molar-refractivity contribution in [3.8, 4) is 0 Å². The average Bonchev–Trinajstić information content (AvgIpc) is 2.98. The third-order valence-electron chi connectivity index (χ3n) is 6.10. The Labute approximate surface area is 160 Å². The molecule has 4 atom stereocenters. The number of amides is 2. The molecule has 4 heteroatoms. The third-order valence-corrected chi connectivity index (χ3v) is 6.10. The Bertz CT molecular complexity index is 751. The zero-order valence-corrected chi connectivity index (χ0v) is 15.9. The van der Waals surface area contributed by atoms with Gasteiger partial charge in [-0.05, 0) is 44.2 Å².